The van der Waals surface area contributed by atoms with Gasteiger partial charge in [0, 0.05) is 0 Å². The summed E-state index contributed by atoms with van der Waals surface area (Å²) in [6.07, 6.45) is -7.21. The summed E-state index contributed by atoms with van der Waals surface area (Å²) in [5.74, 6) is -17.4. The van der Waals surface area contributed by atoms with Gasteiger partial charge >= 0.3 is 33.4 Å². The molecular formula is C10H3ClF10O3S. The maximum atomic E-state index is 13.3. The van der Waals surface area contributed by atoms with Crippen molar-refractivity contribution in [1.82, 2.24) is 0 Å². The topological polar surface area (TPSA) is 43.4 Å². The summed E-state index contributed by atoms with van der Waals surface area (Å²) in [4.78, 5) is 0. The molecule has 0 spiro atoms. The quantitative estimate of drug-likeness (QED) is 0.508. The monoisotopic (exact) mass is 428 g/mol. The van der Waals surface area contributed by atoms with E-state index in [0.717, 1.165) is 0 Å². The highest BCUT2D eigenvalue weighted by Crippen LogP contribution is 2.55. The third-order valence-corrected chi connectivity index (χ3v) is 4.10. The Morgan fingerprint density at radius 1 is 0.880 bits per heavy atom. The van der Waals surface area contributed by atoms with E-state index in [4.69, 9.17) is 11.6 Å². The first-order valence-electron chi connectivity index (χ1n) is 5.48. The Kier molecular flexibility index (Phi) is 5.25. The molecule has 0 bridgehead atoms. The SMILES string of the molecule is O=S(=O)(Oc1ccc(F)cc1Cl)C(F)(F)C(F)(F)C(F)(F)C(F)(F)F. The number of hydrogen-bond donors (Lipinski definition) is 0. The van der Waals surface area contributed by atoms with E-state index in [1.165, 1.54) is 0 Å². The van der Waals surface area contributed by atoms with Crippen LogP contribution in [-0.2, 0) is 10.1 Å². The van der Waals surface area contributed by atoms with Crippen LogP contribution in [0.4, 0.5) is 43.9 Å². The minimum absolute atomic E-state index is 0.241. The van der Waals surface area contributed by atoms with Crippen LogP contribution in [0, 0.1) is 5.82 Å². The Morgan fingerprint density at radius 2 is 1.36 bits per heavy atom. The van der Waals surface area contributed by atoms with Crippen LogP contribution in [0.5, 0.6) is 5.75 Å². The molecule has 0 heterocycles. The van der Waals surface area contributed by atoms with Crippen LogP contribution in [0.25, 0.3) is 0 Å². The van der Waals surface area contributed by atoms with Crippen molar-refractivity contribution in [2.24, 2.45) is 0 Å². The summed E-state index contributed by atoms with van der Waals surface area (Å²) >= 11 is 5.17. The van der Waals surface area contributed by atoms with Crippen LogP contribution in [0.15, 0.2) is 18.2 Å². The Bertz CT molecular complexity index is 759. The van der Waals surface area contributed by atoms with Crippen molar-refractivity contribution < 1.29 is 56.5 Å². The van der Waals surface area contributed by atoms with E-state index < -0.39 is 50.0 Å². The van der Waals surface area contributed by atoms with Gasteiger partial charge in [0.1, 0.15) is 5.82 Å². The molecule has 1 aromatic carbocycles. The van der Waals surface area contributed by atoms with Gasteiger partial charge in [0.2, 0.25) is 0 Å². The molecule has 1 aromatic rings. The molecule has 0 amide bonds. The summed E-state index contributed by atoms with van der Waals surface area (Å²) in [6.45, 7) is 0. The van der Waals surface area contributed by atoms with Gasteiger partial charge in [-0.2, -0.15) is 47.9 Å². The molecule has 0 unspecified atom stereocenters. The van der Waals surface area contributed by atoms with E-state index in [9.17, 15) is 52.3 Å². The zero-order valence-corrected chi connectivity index (χ0v) is 12.6. The molecule has 15 heteroatoms. The first-order chi connectivity index (χ1) is 10.9. The first-order valence-corrected chi connectivity index (χ1v) is 7.26. The van der Waals surface area contributed by atoms with Gasteiger partial charge in [0.05, 0.1) is 5.02 Å². The molecule has 0 fully saturated rings. The molecule has 144 valence electrons. The number of halogens is 11. The largest absolute Gasteiger partial charge is 0.460 e. The zero-order valence-electron chi connectivity index (χ0n) is 11.0. The van der Waals surface area contributed by atoms with Crippen molar-refractivity contribution in [1.29, 1.82) is 0 Å². The van der Waals surface area contributed by atoms with Crippen LogP contribution < -0.4 is 4.18 Å². The first kappa shape index (κ1) is 21.6. The van der Waals surface area contributed by atoms with Crippen molar-refractivity contribution in [2.45, 2.75) is 23.3 Å². The lowest BCUT2D eigenvalue weighted by atomic mass is 10.1. The van der Waals surface area contributed by atoms with Crippen molar-refractivity contribution >= 4 is 21.7 Å². The Balaban J connectivity index is 3.39. The van der Waals surface area contributed by atoms with Gasteiger partial charge in [-0.05, 0) is 18.2 Å². The standard InChI is InChI=1S/C10H3ClF10O3S/c11-5-3-4(12)1-2-6(5)24-25(22,23)10(20,21)8(15,16)7(13,14)9(17,18)19/h1-3H. The van der Waals surface area contributed by atoms with Gasteiger partial charge < -0.3 is 4.18 Å². The van der Waals surface area contributed by atoms with Crippen molar-refractivity contribution in [3.05, 3.63) is 29.0 Å². The van der Waals surface area contributed by atoms with E-state index in [1.54, 1.807) is 0 Å². The number of rotatable bonds is 5. The fraction of sp³-hybridized carbons (Fsp3) is 0.400. The molecule has 0 radical (unpaired) electrons. The molecule has 0 saturated carbocycles. The van der Waals surface area contributed by atoms with E-state index >= 15 is 0 Å². The molecule has 25 heavy (non-hydrogen) atoms. The summed E-state index contributed by atoms with van der Waals surface area (Å²) in [6, 6.07) is 0.871. The molecule has 0 aromatic heterocycles. The fourth-order valence-corrected chi connectivity index (χ4v) is 2.41. The van der Waals surface area contributed by atoms with Crippen LogP contribution in [-0.4, -0.2) is 31.7 Å². The highest BCUT2D eigenvalue weighted by molar-refractivity contribution is 7.88. The average molecular weight is 429 g/mol. The maximum absolute atomic E-state index is 13.3. The highest BCUT2D eigenvalue weighted by atomic mass is 35.5. The fourth-order valence-electron chi connectivity index (χ4n) is 1.23. The lowest BCUT2D eigenvalue weighted by Crippen LogP contribution is -2.63. The van der Waals surface area contributed by atoms with Crippen molar-refractivity contribution in [3.8, 4) is 5.75 Å². The van der Waals surface area contributed by atoms with Crippen LogP contribution in [0.1, 0.15) is 0 Å². The molecule has 0 aliphatic carbocycles. The smallest absolute Gasteiger partial charge is 0.376 e. The summed E-state index contributed by atoms with van der Waals surface area (Å²) in [5.41, 5.74) is 0. The number of hydrogen-bond acceptors (Lipinski definition) is 3. The second kappa shape index (κ2) is 6.07. The Labute approximate surface area is 137 Å². The van der Waals surface area contributed by atoms with Gasteiger partial charge in [-0.25, -0.2) is 4.39 Å². The predicted molar refractivity (Wildman–Crippen MR) is 61.9 cm³/mol. The molecule has 0 saturated heterocycles. The van der Waals surface area contributed by atoms with Gasteiger partial charge in [-0.1, -0.05) is 11.6 Å². The van der Waals surface area contributed by atoms with Gasteiger partial charge in [0.15, 0.2) is 5.75 Å². The third kappa shape index (κ3) is 3.45. The average Bonchev–Trinajstić information content (AvgIpc) is 2.40. The molecule has 0 atom stereocenters. The van der Waals surface area contributed by atoms with E-state index in [1.807, 2.05) is 0 Å². The normalized spacial score (nSPS) is 14.5. The summed E-state index contributed by atoms with van der Waals surface area (Å²) < 4.78 is 152. The minimum Gasteiger partial charge on any atom is -0.376 e. The molecule has 0 aliphatic rings. The van der Waals surface area contributed by atoms with Gasteiger partial charge in [-0.3, -0.25) is 0 Å². The molecule has 0 aliphatic heterocycles. The second-order valence-corrected chi connectivity index (χ2v) is 6.27. The summed E-state index contributed by atoms with van der Waals surface area (Å²) in [5, 5.41) is -8.10. The number of benzene rings is 1. The lowest BCUT2D eigenvalue weighted by Gasteiger charge is -2.32. The van der Waals surface area contributed by atoms with Crippen LogP contribution in [0.2, 0.25) is 5.02 Å². The maximum Gasteiger partial charge on any atom is 0.460 e. The molecule has 1 rings (SSSR count). The van der Waals surface area contributed by atoms with Gasteiger partial charge in [0.25, 0.3) is 0 Å². The molecule has 3 nitrogen and oxygen atoms in total. The minimum atomic E-state index is -7.44. The van der Waals surface area contributed by atoms with E-state index in [0.29, 0.717) is 6.07 Å². The zero-order chi connectivity index (χ0) is 20.1. The summed E-state index contributed by atoms with van der Waals surface area (Å²) in [7, 11) is -7.12. The Hall–Kier alpha value is -1.44. The van der Waals surface area contributed by atoms with Crippen molar-refractivity contribution in [3.63, 3.8) is 0 Å². The second-order valence-electron chi connectivity index (χ2n) is 4.28. The van der Waals surface area contributed by atoms with Crippen LogP contribution >= 0.6 is 11.6 Å². The molecule has 0 N–H and O–H groups in total. The third-order valence-electron chi connectivity index (χ3n) is 2.52. The highest BCUT2D eigenvalue weighted by Gasteiger charge is 2.86. The van der Waals surface area contributed by atoms with Crippen LogP contribution in [0.3, 0.4) is 0 Å². The predicted octanol–water partition coefficient (Wildman–Crippen LogP) is 4.61. The van der Waals surface area contributed by atoms with E-state index in [-0.39, 0.29) is 12.1 Å². The van der Waals surface area contributed by atoms with Crippen molar-refractivity contribution in [2.75, 3.05) is 0 Å². The Morgan fingerprint density at radius 3 is 1.76 bits per heavy atom. The lowest BCUT2D eigenvalue weighted by molar-refractivity contribution is -0.382. The van der Waals surface area contributed by atoms with Gasteiger partial charge in [-0.15, -0.1) is 0 Å². The van der Waals surface area contributed by atoms with E-state index in [2.05, 4.69) is 4.18 Å². The molecular weight excluding hydrogens is 426 g/mol. The number of alkyl halides is 9.